The quantitative estimate of drug-likeness (QED) is 0.810. The summed E-state index contributed by atoms with van der Waals surface area (Å²) in [5, 5.41) is 6.20. The Hall–Kier alpha value is -2.33. The Balaban J connectivity index is 1.82. The van der Waals surface area contributed by atoms with E-state index in [-0.39, 0.29) is 30.8 Å². The van der Waals surface area contributed by atoms with Crippen LogP contribution in [0.25, 0.3) is 0 Å². The van der Waals surface area contributed by atoms with Gasteiger partial charge in [0, 0.05) is 5.02 Å². The molecule has 2 amide bonds. The number of halogens is 1. The number of nitrogens with one attached hydrogen (secondary N) is 2. The molecule has 0 aliphatic carbocycles. The van der Waals surface area contributed by atoms with Crippen LogP contribution in [0.15, 0.2) is 54.6 Å². The zero-order valence-corrected chi connectivity index (χ0v) is 14.3. The molecule has 2 aromatic carbocycles. The van der Waals surface area contributed by atoms with Gasteiger partial charge in [-0.15, -0.1) is 0 Å². The van der Waals surface area contributed by atoms with Crippen LogP contribution in [0.2, 0.25) is 5.02 Å². The van der Waals surface area contributed by atoms with Crippen molar-refractivity contribution in [3.63, 3.8) is 0 Å². The monoisotopic (exact) mass is 344 g/mol. The van der Waals surface area contributed by atoms with Gasteiger partial charge in [0.25, 0.3) is 0 Å². The third-order valence-electron chi connectivity index (χ3n) is 3.65. The standard InChI is InChI=1S/C19H21ClN2O2/c1-2-17(15-9-6-10-16(20)12-15)22-19(24)13-21-18(23)11-14-7-4-3-5-8-14/h3-10,12,17H,2,11,13H2,1H3,(H,21,23)(H,22,24). The maximum atomic E-state index is 12.1. The van der Waals surface area contributed by atoms with E-state index >= 15 is 0 Å². The van der Waals surface area contributed by atoms with Gasteiger partial charge >= 0.3 is 0 Å². The highest BCUT2D eigenvalue weighted by atomic mass is 35.5. The third kappa shape index (κ3) is 5.70. The van der Waals surface area contributed by atoms with Crippen molar-refractivity contribution in [3.05, 3.63) is 70.7 Å². The predicted molar refractivity (Wildman–Crippen MR) is 95.8 cm³/mol. The van der Waals surface area contributed by atoms with Crippen molar-refractivity contribution in [2.45, 2.75) is 25.8 Å². The molecule has 0 aromatic heterocycles. The first kappa shape index (κ1) is 18.0. The summed E-state index contributed by atoms with van der Waals surface area (Å²) in [6, 6.07) is 16.7. The predicted octanol–water partition coefficient (Wildman–Crippen LogP) is 3.27. The maximum absolute atomic E-state index is 12.1. The average Bonchev–Trinajstić information content (AvgIpc) is 2.59. The second-order valence-electron chi connectivity index (χ2n) is 5.52. The highest BCUT2D eigenvalue weighted by Crippen LogP contribution is 2.20. The van der Waals surface area contributed by atoms with E-state index in [4.69, 9.17) is 11.6 Å². The highest BCUT2D eigenvalue weighted by molar-refractivity contribution is 6.30. The Morgan fingerprint density at radius 2 is 1.79 bits per heavy atom. The number of benzene rings is 2. The van der Waals surface area contributed by atoms with Crippen molar-refractivity contribution in [3.8, 4) is 0 Å². The molecule has 126 valence electrons. The second-order valence-corrected chi connectivity index (χ2v) is 5.96. The number of hydrogen-bond donors (Lipinski definition) is 2. The van der Waals surface area contributed by atoms with Crippen molar-refractivity contribution < 1.29 is 9.59 Å². The fourth-order valence-corrected chi connectivity index (χ4v) is 2.61. The molecule has 2 rings (SSSR count). The summed E-state index contributed by atoms with van der Waals surface area (Å²) in [5.74, 6) is -0.393. The number of carbonyl (C=O) groups excluding carboxylic acids is 2. The largest absolute Gasteiger partial charge is 0.348 e. The van der Waals surface area contributed by atoms with Crippen LogP contribution in [0, 0.1) is 0 Å². The molecule has 0 aliphatic heterocycles. The summed E-state index contributed by atoms with van der Waals surface area (Å²) in [4.78, 5) is 23.9. The molecule has 0 bridgehead atoms. The Morgan fingerprint density at radius 1 is 1.04 bits per heavy atom. The van der Waals surface area contributed by atoms with Crippen LogP contribution in [0.5, 0.6) is 0 Å². The number of amides is 2. The zero-order valence-electron chi connectivity index (χ0n) is 13.6. The summed E-state index contributed by atoms with van der Waals surface area (Å²) in [7, 11) is 0. The summed E-state index contributed by atoms with van der Waals surface area (Å²) >= 11 is 5.99. The van der Waals surface area contributed by atoms with Gasteiger partial charge in [-0.2, -0.15) is 0 Å². The highest BCUT2D eigenvalue weighted by Gasteiger charge is 2.13. The van der Waals surface area contributed by atoms with Gasteiger partial charge in [-0.1, -0.05) is 61.0 Å². The van der Waals surface area contributed by atoms with E-state index in [0.717, 1.165) is 17.5 Å². The Morgan fingerprint density at radius 3 is 2.46 bits per heavy atom. The lowest BCUT2D eigenvalue weighted by atomic mass is 10.0. The zero-order chi connectivity index (χ0) is 17.4. The Bertz CT molecular complexity index is 689. The molecule has 0 saturated heterocycles. The lowest BCUT2D eigenvalue weighted by molar-refractivity contribution is -0.126. The topological polar surface area (TPSA) is 58.2 Å². The molecule has 0 radical (unpaired) electrons. The first-order chi connectivity index (χ1) is 11.6. The molecule has 0 saturated carbocycles. The molecule has 0 fully saturated rings. The minimum Gasteiger partial charge on any atom is -0.348 e. The van der Waals surface area contributed by atoms with Crippen LogP contribution in [0.3, 0.4) is 0 Å². The maximum Gasteiger partial charge on any atom is 0.239 e. The van der Waals surface area contributed by atoms with Gasteiger partial charge < -0.3 is 10.6 Å². The first-order valence-corrected chi connectivity index (χ1v) is 8.31. The molecule has 1 unspecified atom stereocenters. The summed E-state index contributed by atoms with van der Waals surface area (Å²) in [6.07, 6.45) is 1.00. The van der Waals surface area contributed by atoms with E-state index in [0.29, 0.717) is 5.02 Å². The molecule has 0 heterocycles. The molecule has 4 nitrogen and oxygen atoms in total. The fraction of sp³-hybridized carbons (Fsp3) is 0.263. The van der Waals surface area contributed by atoms with Gasteiger partial charge in [-0.05, 0) is 29.7 Å². The Kier molecular flexibility index (Phi) is 6.82. The molecule has 5 heteroatoms. The fourth-order valence-electron chi connectivity index (χ4n) is 2.41. The van der Waals surface area contributed by atoms with E-state index in [1.165, 1.54) is 0 Å². The van der Waals surface area contributed by atoms with Gasteiger partial charge in [0.2, 0.25) is 11.8 Å². The molecular formula is C19H21ClN2O2. The molecule has 2 N–H and O–H groups in total. The number of rotatable bonds is 7. The van der Waals surface area contributed by atoms with Gasteiger partial charge in [-0.3, -0.25) is 9.59 Å². The van der Waals surface area contributed by atoms with Crippen molar-refractivity contribution >= 4 is 23.4 Å². The summed E-state index contributed by atoms with van der Waals surface area (Å²) in [6.45, 7) is 1.95. The lowest BCUT2D eigenvalue weighted by Gasteiger charge is -2.18. The van der Waals surface area contributed by atoms with E-state index in [1.807, 2.05) is 55.5 Å². The van der Waals surface area contributed by atoms with Crippen LogP contribution in [0.4, 0.5) is 0 Å². The smallest absolute Gasteiger partial charge is 0.239 e. The summed E-state index contributed by atoms with van der Waals surface area (Å²) < 4.78 is 0. The van der Waals surface area contributed by atoms with Crippen LogP contribution in [-0.2, 0) is 16.0 Å². The SMILES string of the molecule is CCC(NC(=O)CNC(=O)Cc1ccccc1)c1cccc(Cl)c1. The van der Waals surface area contributed by atoms with E-state index in [1.54, 1.807) is 6.07 Å². The van der Waals surface area contributed by atoms with Gasteiger partial charge in [0.1, 0.15) is 0 Å². The van der Waals surface area contributed by atoms with Crippen LogP contribution in [-0.4, -0.2) is 18.4 Å². The molecular weight excluding hydrogens is 324 g/mol. The van der Waals surface area contributed by atoms with Crippen LogP contribution >= 0.6 is 11.6 Å². The van der Waals surface area contributed by atoms with E-state index in [9.17, 15) is 9.59 Å². The van der Waals surface area contributed by atoms with Crippen molar-refractivity contribution in [1.82, 2.24) is 10.6 Å². The lowest BCUT2D eigenvalue weighted by Crippen LogP contribution is -2.39. The van der Waals surface area contributed by atoms with Gasteiger partial charge in [-0.25, -0.2) is 0 Å². The van der Waals surface area contributed by atoms with Crippen LogP contribution in [0.1, 0.15) is 30.5 Å². The number of carbonyl (C=O) groups is 2. The first-order valence-electron chi connectivity index (χ1n) is 7.94. The molecule has 2 aromatic rings. The summed E-state index contributed by atoms with van der Waals surface area (Å²) in [5.41, 5.74) is 1.87. The van der Waals surface area contributed by atoms with E-state index in [2.05, 4.69) is 10.6 Å². The molecule has 24 heavy (non-hydrogen) atoms. The van der Waals surface area contributed by atoms with E-state index < -0.39 is 0 Å². The minimum absolute atomic E-state index is 0.0390. The molecule has 1 atom stereocenters. The number of hydrogen-bond acceptors (Lipinski definition) is 2. The second kappa shape index (κ2) is 9.08. The van der Waals surface area contributed by atoms with Gasteiger partial charge in [0.15, 0.2) is 0 Å². The third-order valence-corrected chi connectivity index (χ3v) is 3.88. The van der Waals surface area contributed by atoms with Gasteiger partial charge in [0.05, 0.1) is 19.0 Å². The van der Waals surface area contributed by atoms with Crippen molar-refractivity contribution in [1.29, 1.82) is 0 Å². The Labute approximate surface area is 147 Å². The average molecular weight is 345 g/mol. The van der Waals surface area contributed by atoms with Crippen molar-refractivity contribution in [2.24, 2.45) is 0 Å². The molecule has 0 spiro atoms. The minimum atomic E-state index is -0.219. The van der Waals surface area contributed by atoms with Crippen molar-refractivity contribution in [2.75, 3.05) is 6.54 Å². The van der Waals surface area contributed by atoms with Crippen LogP contribution < -0.4 is 10.6 Å². The molecule has 0 aliphatic rings. The normalized spacial score (nSPS) is 11.6.